The molecule has 0 saturated carbocycles. The first kappa shape index (κ1) is 35.3. The number of hydrogen-bond acceptors (Lipinski definition) is 5. The molecular formula is C37H56O5Si. The number of allylic oxidation sites excluding steroid dienone is 3. The highest BCUT2D eigenvalue weighted by molar-refractivity contribution is 6.77. The molecule has 0 fully saturated rings. The van der Waals surface area contributed by atoms with Crippen molar-refractivity contribution in [1.82, 2.24) is 0 Å². The molecule has 0 spiro atoms. The highest BCUT2D eigenvalue weighted by Gasteiger charge is 2.46. The maximum absolute atomic E-state index is 13.8. The van der Waals surface area contributed by atoms with Gasteiger partial charge in [-0.15, -0.1) is 0 Å². The SMILES string of the molecule is COc1ccc(CO[C@H]2C[C@H]3C(C)=CC[C@H](C(C)C)[C@H]3/C=C(/CO[Si](C(C)C)(C(C)C)C(C)C)C(=O)C#C[C@]2(C)O)cc1. The Labute approximate surface area is 262 Å². The first-order valence-electron chi connectivity index (χ1n) is 16.2. The fourth-order valence-electron chi connectivity index (χ4n) is 7.61. The van der Waals surface area contributed by atoms with Crippen LogP contribution in [0.2, 0.25) is 16.6 Å². The van der Waals surface area contributed by atoms with Crippen molar-refractivity contribution in [3.8, 4) is 17.6 Å². The first-order valence-corrected chi connectivity index (χ1v) is 18.3. The lowest BCUT2D eigenvalue weighted by molar-refractivity contribution is -0.111. The number of rotatable bonds is 11. The molecule has 1 aromatic rings. The van der Waals surface area contributed by atoms with Crippen LogP contribution in [0.4, 0.5) is 0 Å². The Hall–Kier alpha value is -2.17. The van der Waals surface area contributed by atoms with Crippen molar-refractivity contribution in [3.05, 3.63) is 53.1 Å². The lowest BCUT2D eigenvalue weighted by Gasteiger charge is -2.43. The normalized spacial score (nSPS) is 27.9. The van der Waals surface area contributed by atoms with Crippen molar-refractivity contribution >= 4 is 14.1 Å². The second kappa shape index (κ2) is 14.7. The quantitative estimate of drug-likeness (QED) is 0.119. The molecule has 0 aliphatic heterocycles. The van der Waals surface area contributed by atoms with Gasteiger partial charge in [0.15, 0.2) is 0 Å². The highest BCUT2D eigenvalue weighted by atomic mass is 28.4. The standard InChI is InChI=1S/C37H56O5Si/c1-24(2)32-17-12-28(9)33-21-36(41-22-29-13-15-31(40-11)16-14-29)37(10,39)19-18-35(38)30(20-34(32)33)23-42-43(25(3)4,26(5)6)27(7)8/h12-16,20,24-27,32-34,36,39H,17,21-23H2,1-11H3/b30-20-/t32-,33+,34-,36+,37+/m1/s1. The summed E-state index contributed by atoms with van der Waals surface area (Å²) < 4.78 is 18.7. The van der Waals surface area contributed by atoms with Crippen molar-refractivity contribution < 1.29 is 23.8 Å². The summed E-state index contributed by atoms with van der Waals surface area (Å²) in [6, 6.07) is 7.75. The van der Waals surface area contributed by atoms with Crippen molar-refractivity contribution in [2.24, 2.45) is 23.7 Å². The number of benzene rings is 1. The van der Waals surface area contributed by atoms with Gasteiger partial charge in [-0.2, -0.15) is 0 Å². The van der Waals surface area contributed by atoms with Crippen LogP contribution in [-0.2, 0) is 20.6 Å². The Morgan fingerprint density at radius 1 is 1.00 bits per heavy atom. The Morgan fingerprint density at radius 2 is 1.60 bits per heavy atom. The van der Waals surface area contributed by atoms with Crippen LogP contribution in [0, 0.1) is 35.5 Å². The van der Waals surface area contributed by atoms with Gasteiger partial charge in [0.25, 0.3) is 0 Å². The minimum absolute atomic E-state index is 0.110. The number of hydrogen-bond donors (Lipinski definition) is 1. The molecule has 6 heteroatoms. The summed E-state index contributed by atoms with van der Waals surface area (Å²) in [7, 11) is -0.561. The molecular weight excluding hydrogens is 552 g/mol. The number of aliphatic hydroxyl groups is 1. The fourth-order valence-corrected chi connectivity index (χ4v) is 13.0. The molecule has 43 heavy (non-hydrogen) atoms. The van der Waals surface area contributed by atoms with Crippen LogP contribution < -0.4 is 4.74 Å². The molecule has 3 rings (SSSR count). The zero-order valence-electron chi connectivity index (χ0n) is 28.5. The third-order valence-corrected chi connectivity index (χ3v) is 16.2. The van der Waals surface area contributed by atoms with Gasteiger partial charge in [0.1, 0.15) is 11.4 Å². The Morgan fingerprint density at radius 3 is 2.14 bits per heavy atom. The molecule has 5 atom stereocenters. The summed E-state index contributed by atoms with van der Waals surface area (Å²) in [5.41, 5.74) is 2.63. The smallest absolute Gasteiger partial charge is 0.233 e. The van der Waals surface area contributed by atoms with Crippen molar-refractivity contribution in [3.63, 3.8) is 0 Å². The summed E-state index contributed by atoms with van der Waals surface area (Å²) in [6.07, 6.45) is 5.54. The van der Waals surface area contributed by atoms with E-state index in [4.69, 9.17) is 13.9 Å². The van der Waals surface area contributed by atoms with Gasteiger partial charge in [-0.05, 0) is 90.6 Å². The van der Waals surface area contributed by atoms with Crippen LogP contribution in [0.5, 0.6) is 5.75 Å². The number of ether oxygens (including phenoxy) is 2. The maximum atomic E-state index is 13.8. The van der Waals surface area contributed by atoms with E-state index in [0.717, 1.165) is 17.7 Å². The van der Waals surface area contributed by atoms with Gasteiger partial charge in [-0.1, -0.05) is 91.2 Å². The molecule has 0 saturated heterocycles. The van der Waals surface area contributed by atoms with Crippen LogP contribution in [0.25, 0.3) is 0 Å². The number of ketones is 1. The van der Waals surface area contributed by atoms with Crippen molar-refractivity contribution in [1.29, 1.82) is 0 Å². The number of carbonyl (C=O) groups excluding carboxylic acids is 1. The molecule has 0 radical (unpaired) electrons. The van der Waals surface area contributed by atoms with E-state index < -0.39 is 20.0 Å². The minimum atomic E-state index is -2.21. The third-order valence-electron chi connectivity index (χ3n) is 10.1. The van der Waals surface area contributed by atoms with E-state index in [1.165, 1.54) is 5.57 Å². The van der Waals surface area contributed by atoms with Crippen LogP contribution in [0.15, 0.2) is 47.6 Å². The van der Waals surface area contributed by atoms with E-state index >= 15 is 0 Å². The van der Waals surface area contributed by atoms with E-state index in [2.05, 4.69) is 86.3 Å². The summed E-state index contributed by atoms with van der Waals surface area (Å²) in [5.74, 6) is 7.29. The largest absolute Gasteiger partial charge is 0.497 e. The minimum Gasteiger partial charge on any atom is -0.497 e. The van der Waals surface area contributed by atoms with Gasteiger partial charge in [-0.25, -0.2) is 0 Å². The van der Waals surface area contributed by atoms with E-state index in [9.17, 15) is 9.90 Å². The molecule has 0 aromatic heterocycles. The van der Waals surface area contributed by atoms with Gasteiger partial charge in [0.05, 0.1) is 26.4 Å². The van der Waals surface area contributed by atoms with Gasteiger partial charge >= 0.3 is 0 Å². The molecule has 0 unspecified atom stereocenters. The third kappa shape index (κ3) is 8.11. The molecule has 2 aliphatic rings. The molecule has 1 aromatic carbocycles. The lowest BCUT2D eigenvalue weighted by atomic mass is 9.65. The van der Waals surface area contributed by atoms with Gasteiger partial charge in [0.2, 0.25) is 14.1 Å². The lowest BCUT2D eigenvalue weighted by Crippen LogP contribution is -2.48. The number of fused-ring (bicyclic) bond motifs is 1. The summed E-state index contributed by atoms with van der Waals surface area (Å²) in [4.78, 5) is 13.8. The molecule has 2 aliphatic carbocycles. The Bertz CT molecular complexity index is 1190. The van der Waals surface area contributed by atoms with Crippen LogP contribution in [-0.4, -0.2) is 44.6 Å². The predicted octanol–water partition coefficient (Wildman–Crippen LogP) is 8.28. The molecule has 1 N–H and O–H groups in total. The zero-order chi connectivity index (χ0) is 32.1. The van der Waals surface area contributed by atoms with E-state index in [-0.39, 0.29) is 24.2 Å². The van der Waals surface area contributed by atoms with Crippen molar-refractivity contribution in [2.45, 2.75) is 117 Å². The fraction of sp³-hybridized carbons (Fsp3) is 0.649. The summed E-state index contributed by atoms with van der Waals surface area (Å²) in [6.45, 7) is 22.6. The van der Waals surface area contributed by atoms with E-state index in [1.807, 2.05) is 24.3 Å². The van der Waals surface area contributed by atoms with Crippen molar-refractivity contribution in [2.75, 3.05) is 13.7 Å². The average Bonchev–Trinajstić information content (AvgIpc) is 2.93. The number of methoxy groups -OCH3 is 1. The molecule has 0 amide bonds. The second-order valence-corrected chi connectivity index (χ2v) is 19.6. The first-order chi connectivity index (χ1) is 20.1. The highest BCUT2D eigenvalue weighted by Crippen LogP contribution is 2.45. The van der Waals surface area contributed by atoms with E-state index in [0.29, 0.717) is 47.1 Å². The summed E-state index contributed by atoms with van der Waals surface area (Å²) >= 11 is 0. The van der Waals surface area contributed by atoms with Crippen LogP contribution >= 0.6 is 0 Å². The number of Topliss-reactive ketones (excluding diaryl/α,β-unsaturated/α-hetero) is 1. The average molecular weight is 609 g/mol. The van der Waals surface area contributed by atoms with Crippen LogP contribution in [0.1, 0.15) is 87.6 Å². The van der Waals surface area contributed by atoms with E-state index in [1.54, 1.807) is 14.0 Å². The van der Waals surface area contributed by atoms with Crippen LogP contribution in [0.3, 0.4) is 0 Å². The summed E-state index contributed by atoms with van der Waals surface area (Å²) in [5, 5.41) is 11.7. The Balaban J connectivity index is 2.04. The molecule has 238 valence electrons. The molecule has 0 bridgehead atoms. The van der Waals surface area contributed by atoms with Gasteiger partial charge in [-0.3, -0.25) is 4.79 Å². The number of carbonyl (C=O) groups is 1. The topological polar surface area (TPSA) is 65.0 Å². The predicted molar refractivity (Wildman–Crippen MR) is 178 cm³/mol. The van der Waals surface area contributed by atoms with Gasteiger partial charge in [0, 0.05) is 5.57 Å². The molecule has 5 nitrogen and oxygen atoms in total. The van der Waals surface area contributed by atoms with Gasteiger partial charge < -0.3 is 19.0 Å². The maximum Gasteiger partial charge on any atom is 0.233 e. The molecule has 0 heterocycles. The zero-order valence-corrected chi connectivity index (χ0v) is 29.5. The Kier molecular flexibility index (Phi) is 12.1. The monoisotopic (exact) mass is 608 g/mol. The second-order valence-electron chi connectivity index (χ2n) is 14.2.